The summed E-state index contributed by atoms with van der Waals surface area (Å²) in [7, 11) is 0. The van der Waals surface area contributed by atoms with E-state index in [0.717, 1.165) is 30.5 Å². The van der Waals surface area contributed by atoms with Crippen LogP contribution in [0.3, 0.4) is 0 Å². The SMILES string of the molecule is O=C(NCc1cn[nH]n1)C1(c2ccccc2)CCC1. The van der Waals surface area contributed by atoms with Crippen molar-refractivity contribution in [3.63, 3.8) is 0 Å². The van der Waals surface area contributed by atoms with Crippen LogP contribution in [0.4, 0.5) is 0 Å². The normalized spacial score (nSPS) is 16.6. The van der Waals surface area contributed by atoms with Gasteiger partial charge in [0.1, 0.15) is 5.69 Å². The summed E-state index contributed by atoms with van der Waals surface area (Å²) in [6, 6.07) is 10.0. The number of nitrogens with one attached hydrogen (secondary N) is 2. The van der Waals surface area contributed by atoms with Gasteiger partial charge in [-0.3, -0.25) is 4.79 Å². The largest absolute Gasteiger partial charge is 0.350 e. The first kappa shape index (κ1) is 11.9. The number of hydrogen-bond acceptors (Lipinski definition) is 3. The van der Waals surface area contributed by atoms with Crippen molar-refractivity contribution in [2.24, 2.45) is 0 Å². The second kappa shape index (κ2) is 4.84. The zero-order chi connectivity index (χ0) is 13.1. The maximum atomic E-state index is 12.5. The Balaban J connectivity index is 1.73. The molecule has 5 heteroatoms. The highest BCUT2D eigenvalue weighted by molar-refractivity contribution is 5.89. The summed E-state index contributed by atoms with van der Waals surface area (Å²) in [6.07, 6.45) is 4.56. The summed E-state index contributed by atoms with van der Waals surface area (Å²) in [6.45, 7) is 0.421. The highest BCUT2D eigenvalue weighted by atomic mass is 16.2. The Labute approximate surface area is 111 Å². The van der Waals surface area contributed by atoms with E-state index in [1.54, 1.807) is 6.20 Å². The van der Waals surface area contributed by atoms with Crippen LogP contribution in [0.1, 0.15) is 30.5 Å². The molecule has 0 radical (unpaired) electrons. The molecule has 3 rings (SSSR count). The smallest absolute Gasteiger partial charge is 0.230 e. The predicted octanol–water partition coefficient (Wildman–Crippen LogP) is 1.54. The summed E-state index contributed by atoms with van der Waals surface area (Å²) in [4.78, 5) is 12.5. The van der Waals surface area contributed by atoms with Crippen molar-refractivity contribution in [1.29, 1.82) is 0 Å². The number of nitrogens with zero attached hydrogens (tertiary/aromatic N) is 2. The maximum absolute atomic E-state index is 12.5. The minimum absolute atomic E-state index is 0.0907. The lowest BCUT2D eigenvalue weighted by molar-refractivity contribution is -0.130. The van der Waals surface area contributed by atoms with Gasteiger partial charge in [-0.25, -0.2) is 0 Å². The topological polar surface area (TPSA) is 70.7 Å². The van der Waals surface area contributed by atoms with Crippen molar-refractivity contribution >= 4 is 5.91 Å². The molecule has 2 N–H and O–H groups in total. The second-order valence-electron chi connectivity index (χ2n) is 4.95. The number of H-pyrrole nitrogens is 1. The third-order valence-corrected chi connectivity index (χ3v) is 3.86. The summed E-state index contributed by atoms with van der Waals surface area (Å²) < 4.78 is 0. The molecule has 0 atom stereocenters. The number of aromatic nitrogens is 3. The van der Waals surface area contributed by atoms with Crippen molar-refractivity contribution < 1.29 is 4.79 Å². The molecule has 19 heavy (non-hydrogen) atoms. The molecule has 1 heterocycles. The predicted molar refractivity (Wildman–Crippen MR) is 70.2 cm³/mol. The lowest BCUT2D eigenvalue weighted by Crippen LogP contribution is -2.49. The molecule has 1 amide bonds. The van der Waals surface area contributed by atoms with E-state index >= 15 is 0 Å². The number of hydrogen-bond donors (Lipinski definition) is 2. The van der Waals surface area contributed by atoms with E-state index in [2.05, 4.69) is 20.7 Å². The molecule has 0 unspecified atom stereocenters. The highest BCUT2D eigenvalue weighted by Crippen LogP contribution is 2.43. The van der Waals surface area contributed by atoms with E-state index in [1.165, 1.54) is 0 Å². The van der Waals surface area contributed by atoms with Gasteiger partial charge in [0.25, 0.3) is 0 Å². The van der Waals surface area contributed by atoms with E-state index in [-0.39, 0.29) is 11.3 Å². The zero-order valence-corrected chi connectivity index (χ0v) is 10.6. The van der Waals surface area contributed by atoms with Gasteiger partial charge in [-0.05, 0) is 18.4 Å². The van der Waals surface area contributed by atoms with Crippen LogP contribution in [0.25, 0.3) is 0 Å². The summed E-state index contributed by atoms with van der Waals surface area (Å²) >= 11 is 0. The van der Waals surface area contributed by atoms with E-state index in [0.29, 0.717) is 6.54 Å². The Bertz CT molecular complexity index is 546. The van der Waals surface area contributed by atoms with Crippen LogP contribution in [-0.2, 0) is 16.8 Å². The fraction of sp³-hybridized carbons (Fsp3) is 0.357. The van der Waals surface area contributed by atoms with Crippen molar-refractivity contribution in [2.75, 3.05) is 0 Å². The summed E-state index contributed by atoms with van der Waals surface area (Å²) in [5, 5.41) is 13.2. The van der Waals surface area contributed by atoms with E-state index < -0.39 is 0 Å². The van der Waals surface area contributed by atoms with E-state index in [1.807, 2.05) is 30.3 Å². The Morgan fingerprint density at radius 1 is 1.32 bits per heavy atom. The quantitative estimate of drug-likeness (QED) is 0.871. The van der Waals surface area contributed by atoms with Crippen LogP contribution in [0.2, 0.25) is 0 Å². The van der Waals surface area contributed by atoms with E-state index in [4.69, 9.17) is 0 Å². The first-order chi connectivity index (χ1) is 9.31. The number of benzene rings is 1. The fourth-order valence-electron chi connectivity index (χ4n) is 2.58. The summed E-state index contributed by atoms with van der Waals surface area (Å²) in [5.74, 6) is 0.0907. The molecule has 98 valence electrons. The number of aromatic amines is 1. The third kappa shape index (κ3) is 2.12. The first-order valence-corrected chi connectivity index (χ1v) is 6.50. The first-order valence-electron chi connectivity index (χ1n) is 6.50. The molecule has 0 aliphatic heterocycles. The Hall–Kier alpha value is -2.17. The standard InChI is InChI=1S/C14H16N4O/c19-13(15-9-12-10-16-18-17-12)14(7-4-8-14)11-5-2-1-3-6-11/h1-3,5-6,10H,4,7-9H2,(H,15,19)(H,16,17,18). The Morgan fingerprint density at radius 3 is 2.68 bits per heavy atom. The van der Waals surface area contributed by atoms with Gasteiger partial charge in [0, 0.05) is 0 Å². The molecule has 0 saturated heterocycles. The van der Waals surface area contributed by atoms with Crippen molar-refractivity contribution in [3.05, 3.63) is 47.8 Å². The van der Waals surface area contributed by atoms with Crippen LogP contribution in [0, 0.1) is 0 Å². The molecule has 1 fully saturated rings. The average Bonchev–Trinajstić information content (AvgIpc) is 2.89. The molecule has 1 aromatic carbocycles. The number of amides is 1. The lowest BCUT2D eigenvalue weighted by Gasteiger charge is -2.40. The molecule has 1 saturated carbocycles. The number of carbonyl (C=O) groups excluding carboxylic acids is 1. The van der Waals surface area contributed by atoms with Gasteiger partial charge in [0.15, 0.2) is 0 Å². The van der Waals surface area contributed by atoms with Crippen LogP contribution in [0.5, 0.6) is 0 Å². The minimum Gasteiger partial charge on any atom is -0.350 e. The number of carbonyl (C=O) groups is 1. The molecule has 1 aromatic heterocycles. The Kier molecular flexibility index (Phi) is 3.03. The van der Waals surface area contributed by atoms with Crippen molar-refractivity contribution in [2.45, 2.75) is 31.2 Å². The molecule has 2 aromatic rings. The van der Waals surface area contributed by atoms with Crippen LogP contribution < -0.4 is 5.32 Å². The molecule has 0 bridgehead atoms. The molecular formula is C14H16N4O. The van der Waals surface area contributed by atoms with Gasteiger partial charge in [-0.1, -0.05) is 36.8 Å². The Morgan fingerprint density at radius 2 is 2.11 bits per heavy atom. The molecule has 5 nitrogen and oxygen atoms in total. The van der Waals surface area contributed by atoms with Gasteiger partial charge < -0.3 is 5.32 Å². The minimum atomic E-state index is -0.342. The molecular weight excluding hydrogens is 240 g/mol. The molecule has 1 aliphatic rings. The van der Waals surface area contributed by atoms with Crippen LogP contribution >= 0.6 is 0 Å². The maximum Gasteiger partial charge on any atom is 0.230 e. The number of rotatable bonds is 4. The lowest BCUT2D eigenvalue weighted by atomic mass is 9.64. The van der Waals surface area contributed by atoms with Crippen molar-refractivity contribution in [3.8, 4) is 0 Å². The van der Waals surface area contributed by atoms with Gasteiger partial charge in [-0.2, -0.15) is 15.4 Å². The van der Waals surface area contributed by atoms with E-state index in [9.17, 15) is 4.79 Å². The highest BCUT2D eigenvalue weighted by Gasteiger charge is 2.45. The second-order valence-corrected chi connectivity index (χ2v) is 4.95. The van der Waals surface area contributed by atoms with Crippen LogP contribution in [-0.4, -0.2) is 21.3 Å². The van der Waals surface area contributed by atoms with Gasteiger partial charge in [0.05, 0.1) is 18.2 Å². The van der Waals surface area contributed by atoms with Gasteiger partial charge >= 0.3 is 0 Å². The zero-order valence-electron chi connectivity index (χ0n) is 10.6. The summed E-state index contributed by atoms with van der Waals surface area (Å²) in [5.41, 5.74) is 1.51. The molecule has 0 spiro atoms. The van der Waals surface area contributed by atoms with Crippen molar-refractivity contribution in [1.82, 2.24) is 20.7 Å². The molecule has 1 aliphatic carbocycles. The average molecular weight is 256 g/mol. The van der Waals surface area contributed by atoms with Gasteiger partial charge in [0.2, 0.25) is 5.91 Å². The third-order valence-electron chi connectivity index (χ3n) is 3.86. The monoisotopic (exact) mass is 256 g/mol. The van der Waals surface area contributed by atoms with Crippen LogP contribution in [0.15, 0.2) is 36.5 Å². The fourth-order valence-corrected chi connectivity index (χ4v) is 2.58. The van der Waals surface area contributed by atoms with Gasteiger partial charge in [-0.15, -0.1) is 0 Å².